The van der Waals surface area contributed by atoms with E-state index in [4.69, 9.17) is 4.74 Å². The molecule has 1 unspecified atom stereocenters. The molecule has 2 aliphatic rings. The number of hydrogen-bond acceptors (Lipinski definition) is 5. The monoisotopic (exact) mass is 257 g/mol. The Morgan fingerprint density at radius 3 is 2.44 bits per heavy atom. The summed E-state index contributed by atoms with van der Waals surface area (Å²) in [6.45, 7) is 3.92. The second-order valence-corrected chi connectivity index (χ2v) is 4.36. The molecule has 0 spiro atoms. The van der Waals surface area contributed by atoms with Crippen LogP contribution in [0.3, 0.4) is 0 Å². The average molecular weight is 257 g/mol. The van der Waals surface area contributed by atoms with Gasteiger partial charge in [0.05, 0.1) is 20.3 Å². The molecule has 2 saturated heterocycles. The number of amides is 2. The molecule has 102 valence electrons. The van der Waals surface area contributed by atoms with Crippen LogP contribution >= 0.6 is 0 Å². The number of rotatable bonds is 1. The largest absolute Gasteiger partial charge is 0.453 e. The molecule has 0 bridgehead atoms. The Balaban J connectivity index is 1.81. The van der Waals surface area contributed by atoms with E-state index >= 15 is 0 Å². The van der Waals surface area contributed by atoms with Gasteiger partial charge in [-0.3, -0.25) is 4.79 Å². The molecule has 0 aromatic heterocycles. The van der Waals surface area contributed by atoms with Crippen LogP contribution in [0.5, 0.6) is 0 Å². The molecule has 0 aliphatic carbocycles. The van der Waals surface area contributed by atoms with Crippen LogP contribution in [0.15, 0.2) is 0 Å². The topological polar surface area (TPSA) is 71.1 Å². The maximum absolute atomic E-state index is 12.1. The summed E-state index contributed by atoms with van der Waals surface area (Å²) >= 11 is 0. The van der Waals surface area contributed by atoms with Gasteiger partial charge in [-0.05, 0) is 0 Å². The Hall–Kier alpha value is -1.34. The SMILES string of the molecule is COC(=O)N1CCN(C(=O)C2COCCN2)CC1. The zero-order valence-corrected chi connectivity index (χ0v) is 10.6. The summed E-state index contributed by atoms with van der Waals surface area (Å²) in [5.74, 6) is 0.0548. The molecule has 0 radical (unpaired) electrons. The second-order valence-electron chi connectivity index (χ2n) is 4.36. The lowest BCUT2D eigenvalue weighted by molar-refractivity contribution is -0.137. The van der Waals surface area contributed by atoms with E-state index in [1.807, 2.05) is 0 Å². The highest BCUT2D eigenvalue weighted by atomic mass is 16.5. The molecule has 0 saturated carbocycles. The van der Waals surface area contributed by atoms with E-state index in [2.05, 4.69) is 10.1 Å². The highest BCUT2D eigenvalue weighted by molar-refractivity contribution is 5.82. The zero-order valence-electron chi connectivity index (χ0n) is 10.6. The summed E-state index contributed by atoms with van der Waals surface area (Å²) in [6.07, 6.45) is -0.332. The Morgan fingerprint density at radius 2 is 1.89 bits per heavy atom. The molecule has 2 fully saturated rings. The Labute approximate surface area is 106 Å². The van der Waals surface area contributed by atoms with Crippen LogP contribution in [-0.4, -0.2) is 80.9 Å². The van der Waals surface area contributed by atoms with Crippen molar-refractivity contribution in [3.05, 3.63) is 0 Å². The van der Waals surface area contributed by atoms with Crippen LogP contribution in [-0.2, 0) is 14.3 Å². The van der Waals surface area contributed by atoms with Gasteiger partial charge in [-0.15, -0.1) is 0 Å². The summed E-state index contributed by atoms with van der Waals surface area (Å²) < 4.78 is 9.93. The lowest BCUT2D eigenvalue weighted by Crippen LogP contribution is -2.57. The van der Waals surface area contributed by atoms with Gasteiger partial charge in [-0.2, -0.15) is 0 Å². The van der Waals surface area contributed by atoms with Crippen LogP contribution in [0.1, 0.15) is 0 Å². The molecule has 7 nitrogen and oxygen atoms in total. The number of carbonyl (C=O) groups is 2. The lowest BCUT2D eigenvalue weighted by atomic mass is 10.2. The Kier molecular flexibility index (Phi) is 4.38. The van der Waals surface area contributed by atoms with E-state index in [0.29, 0.717) is 45.9 Å². The molecule has 1 N–H and O–H groups in total. The number of nitrogens with zero attached hydrogens (tertiary/aromatic N) is 2. The first kappa shape index (κ1) is 13.1. The summed E-state index contributed by atoms with van der Waals surface area (Å²) in [5.41, 5.74) is 0. The smallest absolute Gasteiger partial charge is 0.409 e. The third kappa shape index (κ3) is 2.91. The number of hydrogen-bond donors (Lipinski definition) is 1. The number of nitrogens with one attached hydrogen (secondary N) is 1. The number of carbonyl (C=O) groups excluding carboxylic acids is 2. The fraction of sp³-hybridized carbons (Fsp3) is 0.818. The minimum Gasteiger partial charge on any atom is -0.453 e. The van der Waals surface area contributed by atoms with E-state index in [1.54, 1.807) is 9.80 Å². The van der Waals surface area contributed by atoms with Crippen LogP contribution in [0.4, 0.5) is 4.79 Å². The molecule has 2 rings (SSSR count). The first-order chi connectivity index (χ1) is 8.72. The first-order valence-electron chi connectivity index (χ1n) is 6.15. The predicted octanol–water partition coefficient (Wildman–Crippen LogP) is -1.11. The van der Waals surface area contributed by atoms with Gasteiger partial charge in [0.15, 0.2) is 0 Å². The van der Waals surface area contributed by atoms with Gasteiger partial charge in [-0.25, -0.2) is 4.79 Å². The molecular formula is C11H19N3O4. The number of piperazine rings is 1. The minimum atomic E-state index is -0.332. The predicted molar refractivity (Wildman–Crippen MR) is 63.2 cm³/mol. The van der Waals surface area contributed by atoms with Gasteiger partial charge in [0.25, 0.3) is 0 Å². The lowest BCUT2D eigenvalue weighted by Gasteiger charge is -2.36. The van der Waals surface area contributed by atoms with Crippen molar-refractivity contribution in [2.75, 3.05) is 53.0 Å². The average Bonchev–Trinajstić information content (AvgIpc) is 2.47. The summed E-state index contributed by atoms with van der Waals surface area (Å²) in [6, 6.07) is -0.247. The molecule has 0 aromatic carbocycles. The van der Waals surface area contributed by atoms with Gasteiger partial charge >= 0.3 is 6.09 Å². The third-order valence-electron chi connectivity index (χ3n) is 3.24. The maximum Gasteiger partial charge on any atom is 0.409 e. The quantitative estimate of drug-likeness (QED) is 0.644. The Bertz CT molecular complexity index is 309. The molecule has 1 atom stereocenters. The molecule has 0 aromatic rings. The Morgan fingerprint density at radius 1 is 1.22 bits per heavy atom. The van der Waals surface area contributed by atoms with E-state index in [1.165, 1.54) is 7.11 Å². The van der Waals surface area contributed by atoms with E-state index in [-0.39, 0.29) is 18.0 Å². The van der Waals surface area contributed by atoms with Gasteiger partial charge < -0.3 is 24.6 Å². The van der Waals surface area contributed by atoms with Crippen molar-refractivity contribution in [2.24, 2.45) is 0 Å². The highest BCUT2D eigenvalue weighted by Gasteiger charge is 2.30. The summed E-state index contributed by atoms with van der Waals surface area (Å²) in [4.78, 5) is 26.8. The molecular weight excluding hydrogens is 238 g/mol. The minimum absolute atomic E-state index is 0.0548. The number of morpholine rings is 1. The van der Waals surface area contributed by atoms with Crippen molar-refractivity contribution >= 4 is 12.0 Å². The van der Waals surface area contributed by atoms with Gasteiger partial charge in [0.1, 0.15) is 6.04 Å². The van der Waals surface area contributed by atoms with Crippen molar-refractivity contribution in [3.8, 4) is 0 Å². The summed E-state index contributed by atoms with van der Waals surface area (Å²) in [7, 11) is 1.36. The van der Waals surface area contributed by atoms with Gasteiger partial charge in [-0.1, -0.05) is 0 Å². The van der Waals surface area contributed by atoms with Crippen molar-refractivity contribution in [1.29, 1.82) is 0 Å². The van der Waals surface area contributed by atoms with E-state index in [0.717, 1.165) is 0 Å². The van der Waals surface area contributed by atoms with Gasteiger partial charge in [0.2, 0.25) is 5.91 Å². The fourth-order valence-electron chi connectivity index (χ4n) is 2.18. The third-order valence-corrected chi connectivity index (χ3v) is 3.24. The van der Waals surface area contributed by atoms with Crippen LogP contribution in [0, 0.1) is 0 Å². The van der Waals surface area contributed by atoms with Gasteiger partial charge in [0, 0.05) is 32.7 Å². The van der Waals surface area contributed by atoms with E-state index in [9.17, 15) is 9.59 Å². The van der Waals surface area contributed by atoms with Crippen LogP contribution in [0.2, 0.25) is 0 Å². The second kappa shape index (κ2) is 6.01. The number of methoxy groups -OCH3 is 1. The normalized spacial score (nSPS) is 24.8. The molecule has 2 amide bonds. The highest BCUT2D eigenvalue weighted by Crippen LogP contribution is 2.07. The standard InChI is InChI=1S/C11H19N3O4/c1-17-11(16)14-5-3-13(4-6-14)10(15)9-8-18-7-2-12-9/h9,12H,2-8H2,1H3. The molecule has 7 heteroatoms. The summed E-state index contributed by atoms with van der Waals surface area (Å²) in [5, 5.41) is 3.14. The number of ether oxygens (including phenoxy) is 2. The van der Waals surface area contributed by atoms with Crippen LogP contribution in [0.25, 0.3) is 0 Å². The van der Waals surface area contributed by atoms with Crippen LogP contribution < -0.4 is 5.32 Å². The van der Waals surface area contributed by atoms with Crippen molar-refractivity contribution in [3.63, 3.8) is 0 Å². The fourth-order valence-corrected chi connectivity index (χ4v) is 2.18. The molecule has 18 heavy (non-hydrogen) atoms. The molecule has 2 aliphatic heterocycles. The maximum atomic E-state index is 12.1. The first-order valence-corrected chi connectivity index (χ1v) is 6.15. The van der Waals surface area contributed by atoms with E-state index < -0.39 is 0 Å². The van der Waals surface area contributed by atoms with Crippen molar-refractivity contribution in [1.82, 2.24) is 15.1 Å². The molecule has 2 heterocycles. The van der Waals surface area contributed by atoms with Crippen molar-refractivity contribution < 1.29 is 19.1 Å². The van der Waals surface area contributed by atoms with Crippen molar-refractivity contribution in [2.45, 2.75) is 6.04 Å². The zero-order chi connectivity index (χ0) is 13.0.